The lowest BCUT2D eigenvalue weighted by molar-refractivity contribution is -0.149. The van der Waals surface area contributed by atoms with Gasteiger partial charge in [0.25, 0.3) is 5.91 Å². The predicted molar refractivity (Wildman–Crippen MR) is 162 cm³/mol. The fourth-order valence-corrected chi connectivity index (χ4v) is 5.81. The summed E-state index contributed by atoms with van der Waals surface area (Å²) in [5.74, 6) is -0.0312. The largest absolute Gasteiger partial charge is 0.468 e. The zero-order valence-electron chi connectivity index (χ0n) is 26.7. The number of pyridine rings is 1. The van der Waals surface area contributed by atoms with Gasteiger partial charge in [-0.05, 0) is 77.3 Å². The van der Waals surface area contributed by atoms with Crippen LogP contribution in [0.5, 0.6) is 5.75 Å². The molecule has 2 amide bonds. The maximum atomic E-state index is 14.4. The quantitative estimate of drug-likeness (QED) is 0.283. The number of ether oxygens (including phenoxy) is 4. The van der Waals surface area contributed by atoms with Crippen molar-refractivity contribution in [2.75, 3.05) is 40.1 Å². The number of nitrogens with zero attached hydrogens (tertiary/aromatic N) is 5. The summed E-state index contributed by atoms with van der Waals surface area (Å²) in [5, 5.41) is 5.15. The molecule has 2 aliphatic rings. The summed E-state index contributed by atoms with van der Waals surface area (Å²) >= 11 is 0. The molecule has 2 aromatic heterocycles. The van der Waals surface area contributed by atoms with Gasteiger partial charge in [0.15, 0.2) is 18.7 Å². The van der Waals surface area contributed by atoms with Crippen LogP contribution in [0.25, 0.3) is 22.3 Å². The number of amides is 2. The van der Waals surface area contributed by atoms with Crippen molar-refractivity contribution >= 4 is 23.0 Å². The number of rotatable bonds is 7. The van der Waals surface area contributed by atoms with Crippen LogP contribution in [0.2, 0.25) is 0 Å². The van der Waals surface area contributed by atoms with Crippen molar-refractivity contribution in [1.29, 1.82) is 0 Å². The van der Waals surface area contributed by atoms with Crippen molar-refractivity contribution in [3.63, 3.8) is 0 Å². The molecule has 0 spiro atoms. The van der Waals surface area contributed by atoms with Gasteiger partial charge < -0.3 is 28.7 Å². The fourth-order valence-electron chi connectivity index (χ4n) is 5.81. The second-order valence-electron chi connectivity index (χ2n) is 12.6. The molecule has 250 valence electrons. The standard InChI is InChI=1S/C32H40F3N5O6/c1-20-27-24(29(41)39-14-13-38(30(42)46-31(2,3)4)18-22(39)17-32(33,34)35)16-25(21-9-11-23(12-10-21)45-19-43-5)36-28(27)40(37-20)26-8-6-7-15-44-26/h9-12,16,22,26H,6-8,13-15,17-19H2,1-5H3/t22-,26?/m1/s1. The number of aryl methyl sites for hydroxylation is 1. The summed E-state index contributed by atoms with van der Waals surface area (Å²) in [6.45, 7) is 7.02. The van der Waals surface area contributed by atoms with E-state index in [1.165, 1.54) is 16.9 Å². The molecule has 0 radical (unpaired) electrons. The number of carbonyl (C=O) groups excluding carboxylic acids is 2. The van der Waals surface area contributed by atoms with Crippen LogP contribution < -0.4 is 4.74 Å². The highest BCUT2D eigenvalue weighted by molar-refractivity contribution is 6.07. The lowest BCUT2D eigenvalue weighted by Crippen LogP contribution is -2.58. The smallest absolute Gasteiger partial charge is 0.410 e. The van der Waals surface area contributed by atoms with Gasteiger partial charge in [0, 0.05) is 38.9 Å². The molecule has 2 aliphatic heterocycles. The van der Waals surface area contributed by atoms with Crippen molar-refractivity contribution in [2.45, 2.75) is 77.4 Å². The number of piperazine rings is 1. The summed E-state index contributed by atoms with van der Waals surface area (Å²) in [4.78, 5) is 34.5. The van der Waals surface area contributed by atoms with Crippen molar-refractivity contribution in [3.8, 4) is 17.0 Å². The van der Waals surface area contributed by atoms with Gasteiger partial charge in [-0.25, -0.2) is 14.5 Å². The van der Waals surface area contributed by atoms with Crippen LogP contribution in [0.15, 0.2) is 30.3 Å². The first-order chi connectivity index (χ1) is 21.7. The summed E-state index contributed by atoms with van der Waals surface area (Å²) in [6, 6.07) is 7.32. The topological polar surface area (TPSA) is 108 Å². The van der Waals surface area contributed by atoms with E-state index in [9.17, 15) is 22.8 Å². The lowest BCUT2D eigenvalue weighted by atomic mass is 10.0. The van der Waals surface area contributed by atoms with Gasteiger partial charge >= 0.3 is 12.3 Å². The Kier molecular flexibility index (Phi) is 9.78. The molecule has 0 saturated carbocycles. The van der Waals surface area contributed by atoms with Gasteiger partial charge in [-0.2, -0.15) is 18.3 Å². The van der Waals surface area contributed by atoms with Crippen LogP contribution in [0, 0.1) is 6.92 Å². The normalized spacial score (nSPS) is 19.4. The minimum atomic E-state index is -4.58. The average Bonchev–Trinajstić information content (AvgIpc) is 3.34. The number of fused-ring (bicyclic) bond motifs is 1. The Labute approximate surface area is 265 Å². The van der Waals surface area contributed by atoms with E-state index in [4.69, 9.17) is 29.0 Å². The second-order valence-corrected chi connectivity index (χ2v) is 12.6. The molecule has 11 nitrogen and oxygen atoms in total. The minimum absolute atomic E-state index is 0.0210. The molecule has 5 rings (SSSR count). The summed E-state index contributed by atoms with van der Waals surface area (Å²) in [7, 11) is 1.52. The number of hydrogen-bond acceptors (Lipinski definition) is 8. The third-order valence-electron chi connectivity index (χ3n) is 7.85. The second kappa shape index (κ2) is 13.4. The van der Waals surface area contributed by atoms with Crippen molar-refractivity contribution in [3.05, 3.63) is 41.6 Å². The van der Waals surface area contributed by atoms with E-state index in [-0.39, 0.29) is 32.0 Å². The number of benzene rings is 1. The van der Waals surface area contributed by atoms with Crippen molar-refractivity contribution in [2.24, 2.45) is 0 Å². The molecule has 46 heavy (non-hydrogen) atoms. The Morgan fingerprint density at radius 2 is 1.83 bits per heavy atom. The van der Waals surface area contributed by atoms with Gasteiger partial charge in [0.1, 0.15) is 11.4 Å². The zero-order chi connectivity index (χ0) is 33.2. The molecule has 4 heterocycles. The number of methoxy groups -OCH3 is 1. The Morgan fingerprint density at radius 1 is 1.09 bits per heavy atom. The maximum Gasteiger partial charge on any atom is 0.410 e. The van der Waals surface area contributed by atoms with Crippen LogP contribution in [0.3, 0.4) is 0 Å². The van der Waals surface area contributed by atoms with Crippen LogP contribution in [-0.2, 0) is 14.2 Å². The first-order valence-corrected chi connectivity index (χ1v) is 15.3. The molecule has 2 atom stereocenters. The lowest BCUT2D eigenvalue weighted by Gasteiger charge is -2.42. The minimum Gasteiger partial charge on any atom is -0.468 e. The predicted octanol–water partition coefficient (Wildman–Crippen LogP) is 6.10. The number of carbonyl (C=O) groups is 2. The molecule has 0 bridgehead atoms. The maximum absolute atomic E-state index is 14.4. The summed E-state index contributed by atoms with van der Waals surface area (Å²) < 4.78 is 65.2. The molecule has 14 heteroatoms. The fraction of sp³-hybridized carbons (Fsp3) is 0.562. The first-order valence-electron chi connectivity index (χ1n) is 15.3. The Bertz CT molecular complexity index is 1550. The van der Waals surface area contributed by atoms with E-state index in [1.54, 1.807) is 62.7 Å². The van der Waals surface area contributed by atoms with Gasteiger partial charge in [-0.3, -0.25) is 4.79 Å². The van der Waals surface area contributed by atoms with Crippen LogP contribution in [0.4, 0.5) is 18.0 Å². The molecular formula is C32H40F3N5O6. The van der Waals surface area contributed by atoms with E-state index in [2.05, 4.69) is 0 Å². The molecule has 2 fully saturated rings. The van der Waals surface area contributed by atoms with E-state index in [0.29, 0.717) is 46.8 Å². The van der Waals surface area contributed by atoms with E-state index in [0.717, 1.165) is 12.8 Å². The summed E-state index contributed by atoms with van der Waals surface area (Å²) in [6.07, 6.45) is -4.41. The Morgan fingerprint density at radius 3 is 2.46 bits per heavy atom. The number of alkyl halides is 3. The summed E-state index contributed by atoms with van der Waals surface area (Å²) in [5.41, 5.74) is 1.37. The first kappa shape index (κ1) is 33.5. The van der Waals surface area contributed by atoms with Crippen molar-refractivity contribution in [1.82, 2.24) is 24.6 Å². The number of aromatic nitrogens is 3. The van der Waals surface area contributed by atoms with E-state index in [1.807, 2.05) is 0 Å². The molecule has 1 unspecified atom stereocenters. The highest BCUT2D eigenvalue weighted by atomic mass is 19.4. The highest BCUT2D eigenvalue weighted by Crippen LogP contribution is 2.34. The molecular weight excluding hydrogens is 607 g/mol. The average molecular weight is 648 g/mol. The highest BCUT2D eigenvalue weighted by Gasteiger charge is 2.42. The number of hydrogen-bond donors (Lipinski definition) is 0. The van der Waals surface area contributed by atoms with Gasteiger partial charge in [0.2, 0.25) is 0 Å². The zero-order valence-corrected chi connectivity index (χ0v) is 26.7. The third kappa shape index (κ3) is 7.72. The van der Waals surface area contributed by atoms with E-state index < -0.39 is 42.5 Å². The molecule has 3 aromatic rings. The monoisotopic (exact) mass is 647 g/mol. The van der Waals surface area contributed by atoms with Crippen LogP contribution >= 0.6 is 0 Å². The number of halogens is 3. The molecule has 0 N–H and O–H groups in total. The molecule has 1 aromatic carbocycles. The van der Waals surface area contributed by atoms with E-state index >= 15 is 0 Å². The van der Waals surface area contributed by atoms with Gasteiger partial charge in [0.05, 0.1) is 34.8 Å². The van der Waals surface area contributed by atoms with Gasteiger partial charge in [-0.15, -0.1) is 0 Å². The third-order valence-corrected chi connectivity index (χ3v) is 7.85. The molecule has 0 aliphatic carbocycles. The SMILES string of the molecule is COCOc1ccc(-c2cc(C(=O)N3CCN(C(=O)OC(C)(C)C)C[C@H]3CC(F)(F)F)c3c(C)nn(C4CCCCO4)c3n2)cc1. The van der Waals surface area contributed by atoms with Gasteiger partial charge in [-0.1, -0.05) is 0 Å². The Hall–Kier alpha value is -3.91. The van der Waals surface area contributed by atoms with Crippen molar-refractivity contribution < 1.29 is 41.7 Å². The van der Waals surface area contributed by atoms with Crippen LogP contribution in [-0.4, -0.2) is 94.5 Å². The van der Waals surface area contributed by atoms with Crippen LogP contribution in [0.1, 0.15) is 68.7 Å². The Balaban J connectivity index is 1.57. The molecule has 2 saturated heterocycles.